The van der Waals surface area contributed by atoms with Gasteiger partial charge < -0.3 is 19.4 Å². The smallest absolute Gasteiger partial charge is 0.263 e. The number of amides is 1. The maximum absolute atomic E-state index is 13.0. The van der Waals surface area contributed by atoms with Gasteiger partial charge in [-0.15, -0.1) is 0 Å². The van der Waals surface area contributed by atoms with E-state index in [9.17, 15) is 4.79 Å². The van der Waals surface area contributed by atoms with Crippen molar-refractivity contribution in [1.29, 1.82) is 0 Å². The highest BCUT2D eigenvalue weighted by Crippen LogP contribution is 2.31. The number of thiazole rings is 1. The molecule has 3 rings (SSSR count). The normalized spacial score (nSPS) is 12.1. The van der Waals surface area contributed by atoms with Gasteiger partial charge in [0.2, 0.25) is 0 Å². The first-order valence-electron chi connectivity index (χ1n) is 9.11. The van der Waals surface area contributed by atoms with Crippen LogP contribution in [-0.2, 0) is 0 Å². The zero-order valence-corrected chi connectivity index (χ0v) is 17.5. The first-order chi connectivity index (χ1) is 13.4. The topological polar surface area (TPSA) is 65.4 Å². The van der Waals surface area contributed by atoms with E-state index in [-0.39, 0.29) is 17.9 Å². The van der Waals surface area contributed by atoms with Crippen molar-refractivity contribution in [3.63, 3.8) is 0 Å². The lowest BCUT2D eigenvalue weighted by Gasteiger charge is -2.16. The number of benzene rings is 1. The second kappa shape index (κ2) is 8.48. The highest BCUT2D eigenvalue weighted by atomic mass is 32.1. The van der Waals surface area contributed by atoms with Crippen LogP contribution in [0.25, 0.3) is 5.13 Å². The fourth-order valence-electron chi connectivity index (χ4n) is 2.91. The van der Waals surface area contributed by atoms with Crippen LogP contribution in [0, 0.1) is 0 Å². The predicted molar refractivity (Wildman–Crippen MR) is 111 cm³/mol. The van der Waals surface area contributed by atoms with E-state index in [0.29, 0.717) is 16.4 Å². The maximum Gasteiger partial charge on any atom is 0.263 e. The molecule has 0 fully saturated rings. The van der Waals surface area contributed by atoms with Gasteiger partial charge in [-0.3, -0.25) is 4.79 Å². The van der Waals surface area contributed by atoms with Gasteiger partial charge in [0.15, 0.2) is 16.6 Å². The Morgan fingerprint density at radius 1 is 1.11 bits per heavy atom. The number of methoxy groups -OCH3 is 2. The summed E-state index contributed by atoms with van der Waals surface area (Å²) < 4.78 is 12.6. The molecule has 1 amide bonds. The Labute approximate surface area is 169 Å². The summed E-state index contributed by atoms with van der Waals surface area (Å²) in [4.78, 5) is 18.3. The number of carbonyl (C=O) groups excluding carboxylic acids is 1. The van der Waals surface area contributed by atoms with Crippen molar-refractivity contribution in [3.8, 4) is 16.6 Å². The number of nitrogens with zero attached hydrogens (tertiary/aromatic N) is 2. The quantitative estimate of drug-likeness (QED) is 0.632. The SMILES string of the molecule is COc1ccc([C@H](C)NC(=O)c2sc(-n3cccc3)nc2C(C)C)cc1OC. The minimum Gasteiger partial charge on any atom is -0.493 e. The third-order valence-electron chi connectivity index (χ3n) is 4.48. The molecule has 0 spiro atoms. The molecule has 0 aliphatic heterocycles. The number of hydrogen-bond acceptors (Lipinski definition) is 5. The maximum atomic E-state index is 13.0. The van der Waals surface area contributed by atoms with Crippen LogP contribution in [0.4, 0.5) is 0 Å². The van der Waals surface area contributed by atoms with Crippen LogP contribution in [0.15, 0.2) is 42.7 Å². The van der Waals surface area contributed by atoms with Crippen molar-refractivity contribution in [2.24, 2.45) is 0 Å². The Hall–Kier alpha value is -2.80. The lowest BCUT2D eigenvalue weighted by Crippen LogP contribution is -2.27. The van der Waals surface area contributed by atoms with Crippen LogP contribution in [0.1, 0.15) is 53.7 Å². The van der Waals surface area contributed by atoms with Crippen LogP contribution >= 0.6 is 11.3 Å². The lowest BCUT2D eigenvalue weighted by atomic mass is 10.1. The fourth-order valence-corrected chi connectivity index (χ4v) is 4.01. The van der Waals surface area contributed by atoms with Gasteiger partial charge in [0.25, 0.3) is 5.91 Å². The first kappa shape index (κ1) is 19.9. The Balaban J connectivity index is 1.84. The molecule has 0 radical (unpaired) electrons. The summed E-state index contributed by atoms with van der Waals surface area (Å²) in [6.07, 6.45) is 3.85. The molecule has 6 nitrogen and oxygen atoms in total. The molecule has 2 aromatic heterocycles. The molecule has 7 heteroatoms. The molecule has 3 aromatic rings. The number of carbonyl (C=O) groups is 1. The van der Waals surface area contributed by atoms with E-state index in [0.717, 1.165) is 16.4 Å². The van der Waals surface area contributed by atoms with Crippen LogP contribution < -0.4 is 14.8 Å². The van der Waals surface area contributed by atoms with Crippen LogP contribution in [0.2, 0.25) is 0 Å². The van der Waals surface area contributed by atoms with Crippen molar-refractivity contribution in [3.05, 3.63) is 58.9 Å². The highest BCUT2D eigenvalue weighted by Gasteiger charge is 2.22. The minimum atomic E-state index is -0.190. The van der Waals surface area contributed by atoms with Gasteiger partial charge >= 0.3 is 0 Å². The molecular weight excluding hydrogens is 374 g/mol. The Bertz CT molecular complexity index is 948. The molecule has 1 atom stereocenters. The molecular formula is C21H25N3O3S. The highest BCUT2D eigenvalue weighted by molar-refractivity contribution is 7.16. The summed E-state index contributed by atoms with van der Waals surface area (Å²) in [7, 11) is 3.20. The Morgan fingerprint density at radius 3 is 2.39 bits per heavy atom. The molecule has 148 valence electrons. The van der Waals surface area contributed by atoms with Crippen molar-refractivity contribution < 1.29 is 14.3 Å². The molecule has 2 heterocycles. The number of rotatable bonds is 7. The molecule has 0 saturated heterocycles. The van der Waals surface area contributed by atoms with Gasteiger partial charge in [-0.1, -0.05) is 31.3 Å². The van der Waals surface area contributed by atoms with E-state index in [1.165, 1.54) is 11.3 Å². The van der Waals surface area contributed by atoms with Crippen LogP contribution in [0.3, 0.4) is 0 Å². The second-order valence-electron chi connectivity index (χ2n) is 6.77. The average Bonchev–Trinajstić information content (AvgIpc) is 3.36. The van der Waals surface area contributed by atoms with E-state index >= 15 is 0 Å². The van der Waals surface area contributed by atoms with Crippen molar-refractivity contribution in [2.75, 3.05) is 14.2 Å². The Kier molecular flexibility index (Phi) is 6.04. The van der Waals surface area contributed by atoms with Gasteiger partial charge in [0.05, 0.1) is 26.0 Å². The third-order valence-corrected chi connectivity index (χ3v) is 5.56. The molecule has 0 aliphatic carbocycles. The number of hydrogen-bond donors (Lipinski definition) is 1. The van der Waals surface area contributed by atoms with Gasteiger partial charge in [0.1, 0.15) is 4.88 Å². The number of nitrogens with one attached hydrogen (secondary N) is 1. The summed E-state index contributed by atoms with van der Waals surface area (Å²) in [6, 6.07) is 9.33. The van der Waals surface area contributed by atoms with E-state index in [1.807, 2.05) is 68.1 Å². The van der Waals surface area contributed by atoms with Gasteiger partial charge in [0, 0.05) is 12.4 Å². The number of ether oxygens (including phenoxy) is 2. The summed E-state index contributed by atoms with van der Waals surface area (Å²) in [5.41, 5.74) is 1.75. The van der Waals surface area contributed by atoms with Crippen molar-refractivity contribution in [1.82, 2.24) is 14.9 Å². The predicted octanol–water partition coefficient (Wildman–Crippen LogP) is 4.57. The van der Waals surface area contributed by atoms with E-state index in [1.54, 1.807) is 14.2 Å². The lowest BCUT2D eigenvalue weighted by molar-refractivity contribution is 0.0942. The molecule has 0 saturated carbocycles. The van der Waals surface area contributed by atoms with Crippen molar-refractivity contribution in [2.45, 2.75) is 32.7 Å². The van der Waals surface area contributed by atoms with Gasteiger partial charge in [-0.25, -0.2) is 4.98 Å². The second-order valence-corrected chi connectivity index (χ2v) is 7.74. The molecule has 0 unspecified atom stereocenters. The molecule has 28 heavy (non-hydrogen) atoms. The molecule has 1 aromatic carbocycles. The minimum absolute atomic E-state index is 0.123. The van der Waals surface area contributed by atoms with Gasteiger partial charge in [-0.2, -0.15) is 0 Å². The zero-order chi connectivity index (χ0) is 20.3. The Morgan fingerprint density at radius 2 is 1.79 bits per heavy atom. The van der Waals surface area contributed by atoms with Crippen LogP contribution in [-0.4, -0.2) is 29.7 Å². The zero-order valence-electron chi connectivity index (χ0n) is 16.7. The summed E-state index contributed by atoms with van der Waals surface area (Å²) in [6.45, 7) is 6.04. The largest absolute Gasteiger partial charge is 0.493 e. The van der Waals surface area contributed by atoms with Gasteiger partial charge in [-0.05, 0) is 42.7 Å². The fraction of sp³-hybridized carbons (Fsp3) is 0.333. The molecule has 1 N–H and O–H groups in total. The van der Waals surface area contributed by atoms with Crippen LogP contribution in [0.5, 0.6) is 11.5 Å². The summed E-state index contributed by atoms with van der Waals surface area (Å²) >= 11 is 1.40. The molecule has 0 bridgehead atoms. The average molecular weight is 400 g/mol. The van der Waals surface area contributed by atoms with E-state index in [2.05, 4.69) is 10.3 Å². The third kappa shape index (κ3) is 4.04. The van der Waals surface area contributed by atoms with E-state index < -0.39 is 0 Å². The monoisotopic (exact) mass is 399 g/mol. The summed E-state index contributed by atoms with van der Waals surface area (Å²) in [5, 5.41) is 3.87. The number of aromatic nitrogens is 2. The standard InChI is InChI=1S/C21H25N3O3S/c1-13(2)18-19(28-21(23-18)24-10-6-7-11-24)20(25)22-14(3)15-8-9-16(26-4)17(12-15)27-5/h6-14H,1-5H3,(H,22,25)/t14-/m0/s1. The van der Waals surface area contributed by atoms with Crippen molar-refractivity contribution >= 4 is 17.2 Å². The summed E-state index contributed by atoms with van der Waals surface area (Å²) in [5.74, 6) is 1.32. The first-order valence-corrected chi connectivity index (χ1v) is 9.93. The molecule has 0 aliphatic rings. The van der Waals surface area contributed by atoms with E-state index in [4.69, 9.17) is 9.47 Å².